The molecule has 0 aliphatic rings. The third-order valence-electron chi connectivity index (χ3n) is 3.86. The van der Waals surface area contributed by atoms with Gasteiger partial charge in [-0.25, -0.2) is 4.79 Å². The first-order valence-electron chi connectivity index (χ1n) is 8.86. The fourth-order valence-corrected chi connectivity index (χ4v) is 3.00. The number of thioether (sulfide) groups is 1. The highest BCUT2D eigenvalue weighted by Crippen LogP contribution is 2.17. The van der Waals surface area contributed by atoms with E-state index in [0.717, 1.165) is 0 Å². The van der Waals surface area contributed by atoms with Gasteiger partial charge in [0.1, 0.15) is 5.03 Å². The largest absolute Gasteiger partial charge is 0.465 e. The summed E-state index contributed by atoms with van der Waals surface area (Å²) in [4.78, 5) is 35.6. The predicted molar refractivity (Wildman–Crippen MR) is 114 cm³/mol. The molecule has 2 aromatic carbocycles. The van der Waals surface area contributed by atoms with Crippen LogP contribution >= 0.6 is 11.8 Å². The van der Waals surface area contributed by atoms with Crippen LogP contribution in [0.5, 0.6) is 0 Å². The summed E-state index contributed by atoms with van der Waals surface area (Å²) < 4.78 is 4.63. The highest BCUT2D eigenvalue weighted by Gasteiger charge is 2.09. The molecule has 152 valence electrons. The third-order valence-corrected chi connectivity index (χ3v) is 4.78. The molecule has 3 rings (SSSR count). The van der Waals surface area contributed by atoms with Crippen molar-refractivity contribution in [2.75, 3.05) is 23.5 Å². The zero-order chi connectivity index (χ0) is 21.3. The second-order valence-electron chi connectivity index (χ2n) is 5.98. The minimum absolute atomic E-state index is 0.128. The maximum Gasteiger partial charge on any atom is 0.337 e. The average Bonchev–Trinajstić information content (AvgIpc) is 2.79. The lowest BCUT2D eigenvalue weighted by Crippen LogP contribution is -2.15. The zero-order valence-corrected chi connectivity index (χ0v) is 16.8. The molecule has 1 aromatic heterocycles. The van der Waals surface area contributed by atoms with Crippen LogP contribution in [0.25, 0.3) is 0 Å². The molecule has 0 spiro atoms. The highest BCUT2D eigenvalue weighted by atomic mass is 32.2. The second kappa shape index (κ2) is 10.2. The number of carbonyl (C=O) groups is 3. The molecule has 9 heteroatoms. The van der Waals surface area contributed by atoms with Crippen molar-refractivity contribution in [2.24, 2.45) is 0 Å². The molecule has 0 unspecified atom stereocenters. The van der Waals surface area contributed by atoms with E-state index >= 15 is 0 Å². The maximum atomic E-state index is 12.1. The molecule has 30 heavy (non-hydrogen) atoms. The van der Waals surface area contributed by atoms with Gasteiger partial charge in [0.15, 0.2) is 5.82 Å². The SMILES string of the molecule is COC(=O)c1ccc(NC(=O)CSc2ccc(NC(=O)c3ccccc3)nn2)cc1. The Morgan fingerprint density at radius 2 is 1.60 bits per heavy atom. The monoisotopic (exact) mass is 422 g/mol. The van der Waals surface area contributed by atoms with E-state index in [9.17, 15) is 14.4 Å². The number of ether oxygens (including phenoxy) is 1. The minimum Gasteiger partial charge on any atom is -0.465 e. The van der Waals surface area contributed by atoms with Gasteiger partial charge in [-0.15, -0.1) is 10.2 Å². The maximum absolute atomic E-state index is 12.1. The van der Waals surface area contributed by atoms with Gasteiger partial charge < -0.3 is 15.4 Å². The summed E-state index contributed by atoms with van der Waals surface area (Å²) in [6.45, 7) is 0. The van der Waals surface area contributed by atoms with Gasteiger partial charge >= 0.3 is 5.97 Å². The number of nitrogens with one attached hydrogen (secondary N) is 2. The summed E-state index contributed by atoms with van der Waals surface area (Å²) in [7, 11) is 1.31. The number of hydrogen-bond donors (Lipinski definition) is 2. The van der Waals surface area contributed by atoms with Gasteiger partial charge in [-0.3, -0.25) is 9.59 Å². The number of anilines is 2. The molecule has 0 saturated carbocycles. The molecule has 8 nitrogen and oxygen atoms in total. The molecule has 0 atom stereocenters. The first kappa shape index (κ1) is 21.0. The lowest BCUT2D eigenvalue weighted by Gasteiger charge is -2.06. The smallest absolute Gasteiger partial charge is 0.337 e. The Balaban J connectivity index is 1.48. The molecule has 0 aliphatic heterocycles. The topological polar surface area (TPSA) is 110 Å². The standard InChI is InChI=1S/C21H18N4O4S/c1-29-21(28)15-7-9-16(10-8-15)22-18(26)13-30-19-12-11-17(24-25-19)23-20(27)14-5-3-2-4-6-14/h2-12H,13H2,1H3,(H,22,26)(H,23,24,27). The molecule has 3 aromatic rings. The number of nitrogens with zero attached hydrogens (tertiary/aromatic N) is 2. The Labute approximate surface area is 177 Å². The molecule has 0 saturated heterocycles. The van der Waals surface area contributed by atoms with E-state index in [0.29, 0.717) is 27.7 Å². The molecule has 2 amide bonds. The number of esters is 1. The van der Waals surface area contributed by atoms with Gasteiger partial charge in [-0.2, -0.15) is 0 Å². The highest BCUT2D eigenvalue weighted by molar-refractivity contribution is 7.99. The van der Waals surface area contributed by atoms with Gasteiger partial charge in [0.05, 0.1) is 18.4 Å². The Morgan fingerprint density at radius 3 is 2.23 bits per heavy atom. The molecule has 1 heterocycles. The van der Waals surface area contributed by atoms with E-state index in [4.69, 9.17) is 0 Å². The number of amides is 2. The molecule has 0 aliphatic carbocycles. The van der Waals surface area contributed by atoms with Gasteiger partial charge in [0.25, 0.3) is 5.91 Å². The zero-order valence-electron chi connectivity index (χ0n) is 16.0. The first-order chi connectivity index (χ1) is 14.5. The van der Waals surface area contributed by atoms with E-state index in [-0.39, 0.29) is 17.6 Å². The van der Waals surface area contributed by atoms with Gasteiger partial charge in [0, 0.05) is 11.3 Å². The Kier molecular flexibility index (Phi) is 7.12. The fourth-order valence-electron chi connectivity index (χ4n) is 2.39. The number of benzene rings is 2. The van der Waals surface area contributed by atoms with Crippen LogP contribution in [0, 0.1) is 0 Å². The predicted octanol–water partition coefficient (Wildman–Crippen LogP) is 3.25. The number of aromatic nitrogens is 2. The molecule has 2 N–H and O–H groups in total. The Morgan fingerprint density at radius 1 is 0.867 bits per heavy atom. The summed E-state index contributed by atoms with van der Waals surface area (Å²) in [5.41, 5.74) is 1.49. The van der Waals surface area contributed by atoms with E-state index < -0.39 is 5.97 Å². The van der Waals surface area contributed by atoms with Gasteiger partial charge in [-0.1, -0.05) is 30.0 Å². The van der Waals surface area contributed by atoms with Gasteiger partial charge in [0.2, 0.25) is 5.91 Å². The van der Waals surface area contributed by atoms with Crippen LogP contribution < -0.4 is 10.6 Å². The number of hydrogen-bond acceptors (Lipinski definition) is 7. The van der Waals surface area contributed by atoms with Crippen LogP contribution in [0.1, 0.15) is 20.7 Å². The second-order valence-corrected chi connectivity index (χ2v) is 6.98. The average molecular weight is 422 g/mol. The Bertz CT molecular complexity index is 1030. The molecular formula is C21H18N4O4S. The third kappa shape index (κ3) is 5.89. The summed E-state index contributed by atoms with van der Waals surface area (Å²) >= 11 is 1.21. The number of methoxy groups -OCH3 is 1. The van der Waals surface area contributed by atoms with Crippen molar-refractivity contribution in [1.82, 2.24) is 10.2 Å². The van der Waals surface area contributed by atoms with Crippen LogP contribution in [-0.2, 0) is 9.53 Å². The van der Waals surface area contributed by atoms with E-state index in [2.05, 4.69) is 25.6 Å². The fraction of sp³-hybridized carbons (Fsp3) is 0.0952. The van der Waals surface area contributed by atoms with Crippen molar-refractivity contribution in [3.8, 4) is 0 Å². The Hall–Kier alpha value is -3.72. The van der Waals surface area contributed by atoms with E-state index in [1.807, 2.05) is 6.07 Å². The molecular weight excluding hydrogens is 404 g/mol. The minimum atomic E-state index is -0.439. The lowest BCUT2D eigenvalue weighted by atomic mass is 10.2. The summed E-state index contributed by atoms with van der Waals surface area (Å²) in [6, 6.07) is 18.5. The normalized spacial score (nSPS) is 10.2. The van der Waals surface area contributed by atoms with Crippen molar-refractivity contribution < 1.29 is 19.1 Å². The van der Waals surface area contributed by atoms with Crippen molar-refractivity contribution in [1.29, 1.82) is 0 Å². The lowest BCUT2D eigenvalue weighted by molar-refractivity contribution is -0.113. The van der Waals surface area contributed by atoms with E-state index in [1.54, 1.807) is 60.7 Å². The quantitative estimate of drug-likeness (QED) is 0.444. The summed E-state index contributed by atoms with van der Waals surface area (Å²) in [6.07, 6.45) is 0. The first-order valence-corrected chi connectivity index (χ1v) is 9.85. The van der Waals surface area contributed by atoms with Crippen LogP contribution in [0.4, 0.5) is 11.5 Å². The summed E-state index contributed by atoms with van der Waals surface area (Å²) in [5, 5.41) is 13.9. The van der Waals surface area contributed by atoms with E-state index in [1.165, 1.54) is 18.9 Å². The molecule has 0 fully saturated rings. The van der Waals surface area contributed by atoms with Crippen LogP contribution in [0.3, 0.4) is 0 Å². The van der Waals surface area contributed by atoms with Crippen LogP contribution in [0.2, 0.25) is 0 Å². The van der Waals surface area contributed by atoms with Crippen LogP contribution in [0.15, 0.2) is 71.8 Å². The molecule has 0 radical (unpaired) electrons. The van der Waals surface area contributed by atoms with Crippen molar-refractivity contribution in [3.05, 3.63) is 77.9 Å². The number of rotatable bonds is 7. The number of carbonyl (C=O) groups excluding carboxylic acids is 3. The van der Waals surface area contributed by atoms with Crippen molar-refractivity contribution >= 4 is 41.1 Å². The molecule has 0 bridgehead atoms. The van der Waals surface area contributed by atoms with Crippen LogP contribution in [-0.4, -0.2) is 40.8 Å². The van der Waals surface area contributed by atoms with Crippen molar-refractivity contribution in [3.63, 3.8) is 0 Å². The summed E-state index contributed by atoms with van der Waals surface area (Å²) in [5.74, 6) is -0.492. The van der Waals surface area contributed by atoms with Crippen molar-refractivity contribution in [2.45, 2.75) is 5.03 Å². The van der Waals surface area contributed by atoms with Gasteiger partial charge in [-0.05, 0) is 48.5 Å².